The van der Waals surface area contributed by atoms with E-state index in [-0.39, 0.29) is 11.6 Å². The summed E-state index contributed by atoms with van der Waals surface area (Å²) in [5.74, 6) is -0.239. The van der Waals surface area contributed by atoms with E-state index in [0.29, 0.717) is 21.0 Å². The fraction of sp³-hybridized carbons (Fsp3) is 0.222. The Kier molecular flexibility index (Phi) is 8.42. The number of halogens is 4. The normalized spacial score (nSPS) is 11.5. The first-order chi connectivity index (χ1) is 13.2. The van der Waals surface area contributed by atoms with Gasteiger partial charge in [-0.05, 0) is 65.7 Å². The number of hydrazine groups is 1. The van der Waals surface area contributed by atoms with Crippen LogP contribution in [0.2, 0.25) is 10.0 Å². The second-order valence-electron chi connectivity index (χ2n) is 5.69. The smallest absolute Gasteiger partial charge is 0.279 e. The van der Waals surface area contributed by atoms with Gasteiger partial charge >= 0.3 is 0 Å². The molecule has 0 aliphatic rings. The highest BCUT2D eigenvalue weighted by molar-refractivity contribution is 9.11. The molecule has 0 radical (unpaired) electrons. The molecule has 2 N–H and O–H groups in total. The highest BCUT2D eigenvalue weighted by Gasteiger charge is 2.17. The lowest BCUT2D eigenvalue weighted by Crippen LogP contribution is -2.48. The number of carbonyl (C=O) groups excluding carboxylic acids is 2. The molecule has 1 atom stereocenters. The van der Waals surface area contributed by atoms with Crippen LogP contribution in [0.5, 0.6) is 11.5 Å². The van der Waals surface area contributed by atoms with Crippen molar-refractivity contribution < 1.29 is 19.1 Å². The van der Waals surface area contributed by atoms with Crippen molar-refractivity contribution in [3.8, 4) is 11.5 Å². The van der Waals surface area contributed by atoms with Gasteiger partial charge in [-0.1, -0.05) is 39.1 Å². The standard InChI is InChI=1S/C18H16Br2Cl2N2O4/c1-9-5-11(19)6-13(20)17(9)27-8-16(25)23-24-18(26)10(2)28-15-4-3-12(21)7-14(15)22/h3-7,10H,8H2,1-2H3,(H,23,25)(H,24,26). The zero-order valence-corrected chi connectivity index (χ0v) is 19.5. The average molecular weight is 555 g/mol. The lowest BCUT2D eigenvalue weighted by atomic mass is 10.2. The van der Waals surface area contributed by atoms with Gasteiger partial charge in [0.15, 0.2) is 12.7 Å². The van der Waals surface area contributed by atoms with E-state index < -0.39 is 17.9 Å². The molecule has 0 saturated carbocycles. The summed E-state index contributed by atoms with van der Waals surface area (Å²) < 4.78 is 12.6. The molecular formula is C18H16Br2Cl2N2O4. The Bertz CT molecular complexity index is 873. The Morgan fingerprint density at radius 2 is 1.86 bits per heavy atom. The summed E-state index contributed by atoms with van der Waals surface area (Å²) >= 11 is 18.6. The third-order valence-corrected chi connectivity index (χ3v) is 5.01. The van der Waals surface area contributed by atoms with E-state index in [1.165, 1.54) is 13.0 Å². The average Bonchev–Trinajstić information content (AvgIpc) is 2.61. The molecule has 1 unspecified atom stereocenters. The van der Waals surface area contributed by atoms with Gasteiger partial charge in [0.1, 0.15) is 11.5 Å². The van der Waals surface area contributed by atoms with Gasteiger partial charge < -0.3 is 9.47 Å². The second-order valence-corrected chi connectivity index (χ2v) is 8.31. The van der Waals surface area contributed by atoms with E-state index in [4.69, 9.17) is 32.7 Å². The largest absolute Gasteiger partial charge is 0.482 e. The van der Waals surface area contributed by atoms with Crippen molar-refractivity contribution in [1.82, 2.24) is 10.9 Å². The highest BCUT2D eigenvalue weighted by Crippen LogP contribution is 2.32. The summed E-state index contributed by atoms with van der Waals surface area (Å²) in [7, 11) is 0. The van der Waals surface area contributed by atoms with Gasteiger partial charge in [-0.2, -0.15) is 0 Å². The summed E-state index contributed by atoms with van der Waals surface area (Å²) in [5.41, 5.74) is 5.39. The number of rotatable bonds is 6. The summed E-state index contributed by atoms with van der Waals surface area (Å²) in [5, 5.41) is 0.731. The maximum Gasteiger partial charge on any atom is 0.279 e. The molecule has 2 aromatic carbocycles. The zero-order chi connectivity index (χ0) is 20.8. The molecule has 0 bridgehead atoms. The quantitative estimate of drug-likeness (QED) is 0.502. The van der Waals surface area contributed by atoms with Gasteiger partial charge in [-0.15, -0.1) is 0 Å². The van der Waals surface area contributed by atoms with Crippen molar-refractivity contribution in [2.45, 2.75) is 20.0 Å². The van der Waals surface area contributed by atoms with E-state index in [1.807, 2.05) is 19.1 Å². The molecule has 2 amide bonds. The first-order valence-corrected chi connectivity index (χ1v) is 10.3. The molecule has 0 saturated heterocycles. The van der Waals surface area contributed by atoms with E-state index in [0.717, 1.165) is 10.0 Å². The number of hydrogen-bond acceptors (Lipinski definition) is 4. The van der Waals surface area contributed by atoms with Gasteiger partial charge in [0.25, 0.3) is 11.8 Å². The monoisotopic (exact) mass is 552 g/mol. The van der Waals surface area contributed by atoms with Crippen LogP contribution in [0.25, 0.3) is 0 Å². The van der Waals surface area contributed by atoms with Crippen LogP contribution in [-0.2, 0) is 9.59 Å². The maximum absolute atomic E-state index is 12.1. The van der Waals surface area contributed by atoms with Crippen LogP contribution in [-0.4, -0.2) is 24.5 Å². The molecule has 2 aromatic rings. The van der Waals surface area contributed by atoms with Crippen LogP contribution >= 0.6 is 55.1 Å². The van der Waals surface area contributed by atoms with Crippen molar-refractivity contribution in [2.75, 3.05) is 6.61 Å². The molecule has 6 nitrogen and oxygen atoms in total. The van der Waals surface area contributed by atoms with Gasteiger partial charge in [0, 0.05) is 9.50 Å². The number of ether oxygens (including phenoxy) is 2. The summed E-state index contributed by atoms with van der Waals surface area (Å²) in [6, 6.07) is 8.32. The Morgan fingerprint density at radius 3 is 2.50 bits per heavy atom. The van der Waals surface area contributed by atoms with Crippen molar-refractivity contribution in [3.05, 3.63) is 54.9 Å². The summed E-state index contributed by atoms with van der Waals surface area (Å²) in [4.78, 5) is 24.0. The second kappa shape index (κ2) is 10.3. The van der Waals surface area contributed by atoms with Crippen molar-refractivity contribution >= 4 is 66.9 Å². The molecule has 10 heteroatoms. The number of nitrogens with one attached hydrogen (secondary N) is 2. The van der Waals surface area contributed by atoms with Crippen LogP contribution in [0.1, 0.15) is 12.5 Å². The Labute approximate surface area is 189 Å². The number of benzene rings is 2. The lowest BCUT2D eigenvalue weighted by molar-refractivity contribution is -0.133. The van der Waals surface area contributed by atoms with Crippen molar-refractivity contribution in [2.24, 2.45) is 0 Å². The highest BCUT2D eigenvalue weighted by atomic mass is 79.9. The molecule has 0 aromatic heterocycles. The Morgan fingerprint density at radius 1 is 1.14 bits per heavy atom. The van der Waals surface area contributed by atoms with Gasteiger partial charge in [0.05, 0.1) is 9.50 Å². The minimum atomic E-state index is -0.900. The predicted octanol–water partition coefficient (Wildman–Crippen LogP) is 4.82. The number of aryl methyl sites for hydroxylation is 1. The van der Waals surface area contributed by atoms with Crippen molar-refractivity contribution in [3.63, 3.8) is 0 Å². The summed E-state index contributed by atoms with van der Waals surface area (Å²) in [6.07, 6.45) is -0.900. The zero-order valence-electron chi connectivity index (χ0n) is 14.8. The van der Waals surface area contributed by atoms with E-state index in [2.05, 4.69) is 42.7 Å². The molecule has 0 fully saturated rings. The van der Waals surface area contributed by atoms with Crippen LogP contribution in [0.4, 0.5) is 0 Å². The fourth-order valence-electron chi connectivity index (χ4n) is 2.09. The molecule has 0 aliphatic heterocycles. The predicted molar refractivity (Wildman–Crippen MR) is 115 cm³/mol. The third-order valence-electron chi connectivity index (χ3n) is 3.43. The molecule has 0 heterocycles. The third kappa shape index (κ3) is 6.55. The molecule has 150 valence electrons. The molecule has 0 aliphatic carbocycles. The van der Waals surface area contributed by atoms with Gasteiger partial charge in [0.2, 0.25) is 0 Å². The number of carbonyl (C=O) groups is 2. The fourth-order valence-corrected chi connectivity index (χ4v) is 4.10. The molecule has 28 heavy (non-hydrogen) atoms. The lowest BCUT2D eigenvalue weighted by Gasteiger charge is -2.16. The summed E-state index contributed by atoms with van der Waals surface area (Å²) in [6.45, 7) is 3.09. The van der Waals surface area contributed by atoms with E-state index >= 15 is 0 Å². The van der Waals surface area contributed by atoms with Crippen LogP contribution in [0.3, 0.4) is 0 Å². The minimum absolute atomic E-state index is 0.278. The molecule has 0 spiro atoms. The number of amides is 2. The SMILES string of the molecule is Cc1cc(Br)cc(Br)c1OCC(=O)NNC(=O)C(C)Oc1ccc(Cl)cc1Cl. The van der Waals surface area contributed by atoms with Crippen LogP contribution < -0.4 is 20.3 Å². The van der Waals surface area contributed by atoms with E-state index in [9.17, 15) is 9.59 Å². The molecular weight excluding hydrogens is 539 g/mol. The van der Waals surface area contributed by atoms with Gasteiger partial charge in [-0.3, -0.25) is 20.4 Å². The Hall–Kier alpha value is -1.48. The van der Waals surface area contributed by atoms with Gasteiger partial charge in [-0.25, -0.2) is 0 Å². The topological polar surface area (TPSA) is 76.7 Å². The van der Waals surface area contributed by atoms with Crippen LogP contribution in [0.15, 0.2) is 39.3 Å². The number of hydrogen-bond donors (Lipinski definition) is 2. The first kappa shape index (κ1) is 22.8. The first-order valence-electron chi connectivity index (χ1n) is 7.96. The minimum Gasteiger partial charge on any atom is -0.482 e. The Balaban J connectivity index is 1.82. The van der Waals surface area contributed by atoms with Crippen LogP contribution in [0, 0.1) is 6.92 Å². The molecule has 2 rings (SSSR count). The maximum atomic E-state index is 12.1. The van der Waals surface area contributed by atoms with E-state index in [1.54, 1.807) is 12.1 Å². The van der Waals surface area contributed by atoms with Crippen molar-refractivity contribution in [1.29, 1.82) is 0 Å².